The van der Waals surface area contributed by atoms with Crippen LogP contribution in [0.25, 0.3) is 10.9 Å². The Morgan fingerprint density at radius 1 is 1.11 bits per heavy atom. The van der Waals surface area contributed by atoms with Gasteiger partial charge in [-0.15, -0.1) is 0 Å². The zero-order valence-electron chi connectivity index (χ0n) is 14.3. The van der Waals surface area contributed by atoms with Crippen LogP contribution in [0, 0.1) is 0 Å². The first-order valence-electron chi connectivity index (χ1n) is 8.20. The van der Waals surface area contributed by atoms with Crippen molar-refractivity contribution in [3.8, 4) is 11.5 Å². The molecule has 5 nitrogen and oxygen atoms in total. The van der Waals surface area contributed by atoms with Gasteiger partial charge in [0.05, 0.1) is 28.8 Å². The van der Waals surface area contributed by atoms with Crippen molar-refractivity contribution in [1.82, 2.24) is 14.5 Å². The summed E-state index contributed by atoms with van der Waals surface area (Å²) in [6, 6.07) is 14.6. The van der Waals surface area contributed by atoms with E-state index in [0.29, 0.717) is 32.9 Å². The standard InChI is InChI=1S/C20H15Cl2N3O2/c1-25-11-23-10-16(25)18(26)12-7-8-15-14(9-12)17(21)19(20(22)24-15)27-13-5-3-2-4-6-13/h2-11,18,26H,1H3. The number of rotatable bonds is 4. The summed E-state index contributed by atoms with van der Waals surface area (Å²) < 4.78 is 7.60. The highest BCUT2D eigenvalue weighted by atomic mass is 35.5. The molecule has 0 radical (unpaired) electrons. The summed E-state index contributed by atoms with van der Waals surface area (Å²) in [5, 5.41) is 11.9. The Labute approximate surface area is 165 Å². The molecule has 0 amide bonds. The number of benzene rings is 2. The number of hydrogen-bond acceptors (Lipinski definition) is 4. The SMILES string of the molecule is Cn1cncc1C(O)c1ccc2nc(Cl)c(Oc3ccccc3)c(Cl)c2c1. The van der Waals surface area contributed by atoms with E-state index in [9.17, 15) is 5.11 Å². The number of fused-ring (bicyclic) bond motifs is 1. The minimum absolute atomic E-state index is 0.177. The normalized spacial score (nSPS) is 12.3. The quantitative estimate of drug-likeness (QED) is 0.482. The first-order valence-corrected chi connectivity index (χ1v) is 8.96. The lowest BCUT2D eigenvalue weighted by molar-refractivity contribution is 0.211. The van der Waals surface area contributed by atoms with Gasteiger partial charge in [0.15, 0.2) is 10.9 Å². The molecule has 4 aromatic rings. The van der Waals surface area contributed by atoms with Crippen molar-refractivity contribution >= 4 is 34.1 Å². The van der Waals surface area contributed by atoms with Crippen molar-refractivity contribution in [3.05, 3.63) is 82.5 Å². The van der Waals surface area contributed by atoms with Crippen LogP contribution < -0.4 is 4.74 Å². The van der Waals surface area contributed by atoms with Crippen LogP contribution in [0.2, 0.25) is 10.2 Å². The highest BCUT2D eigenvalue weighted by Crippen LogP contribution is 2.40. The second-order valence-corrected chi connectivity index (χ2v) is 6.81. The molecule has 0 aliphatic carbocycles. The van der Waals surface area contributed by atoms with Gasteiger partial charge in [-0.25, -0.2) is 9.97 Å². The lowest BCUT2D eigenvalue weighted by Crippen LogP contribution is -2.05. The lowest BCUT2D eigenvalue weighted by Gasteiger charge is -2.15. The topological polar surface area (TPSA) is 60.2 Å². The number of aromatic nitrogens is 3. The number of aliphatic hydroxyl groups is 1. The maximum Gasteiger partial charge on any atom is 0.183 e. The van der Waals surface area contributed by atoms with Crippen molar-refractivity contribution in [2.75, 3.05) is 0 Å². The molecular weight excluding hydrogens is 385 g/mol. The van der Waals surface area contributed by atoms with Gasteiger partial charge in [0, 0.05) is 12.4 Å². The number of imidazole rings is 1. The minimum atomic E-state index is -0.841. The summed E-state index contributed by atoms with van der Waals surface area (Å²) >= 11 is 12.9. The average molecular weight is 400 g/mol. The van der Waals surface area contributed by atoms with Crippen LogP contribution in [0.15, 0.2) is 61.1 Å². The zero-order chi connectivity index (χ0) is 19.0. The summed E-state index contributed by atoms with van der Waals surface area (Å²) in [5.74, 6) is 0.887. The molecule has 0 aliphatic rings. The third-order valence-electron chi connectivity index (χ3n) is 4.28. The molecule has 0 saturated carbocycles. The van der Waals surface area contributed by atoms with Gasteiger partial charge < -0.3 is 14.4 Å². The molecule has 0 saturated heterocycles. The smallest absolute Gasteiger partial charge is 0.183 e. The van der Waals surface area contributed by atoms with Crippen molar-refractivity contribution in [1.29, 1.82) is 0 Å². The molecule has 4 rings (SSSR count). The van der Waals surface area contributed by atoms with Crippen LogP contribution in [0.3, 0.4) is 0 Å². The fourth-order valence-corrected chi connectivity index (χ4v) is 3.41. The summed E-state index contributed by atoms with van der Waals surface area (Å²) in [6.07, 6.45) is 2.42. The molecule has 2 aromatic heterocycles. The minimum Gasteiger partial charge on any atom is -0.453 e. The van der Waals surface area contributed by atoms with E-state index in [1.54, 1.807) is 47.4 Å². The van der Waals surface area contributed by atoms with E-state index >= 15 is 0 Å². The number of hydrogen-bond donors (Lipinski definition) is 1. The van der Waals surface area contributed by atoms with E-state index in [0.717, 1.165) is 0 Å². The Kier molecular flexibility index (Phi) is 4.74. The van der Waals surface area contributed by atoms with E-state index < -0.39 is 6.10 Å². The van der Waals surface area contributed by atoms with Crippen LogP contribution in [-0.4, -0.2) is 19.6 Å². The van der Waals surface area contributed by atoms with Crippen molar-refractivity contribution in [2.45, 2.75) is 6.10 Å². The highest BCUT2D eigenvalue weighted by molar-refractivity contribution is 6.40. The van der Waals surface area contributed by atoms with E-state index in [-0.39, 0.29) is 10.9 Å². The van der Waals surface area contributed by atoms with Crippen LogP contribution in [0.4, 0.5) is 0 Å². The first-order chi connectivity index (χ1) is 13.0. The second kappa shape index (κ2) is 7.19. The van der Waals surface area contributed by atoms with Crippen molar-refractivity contribution in [2.24, 2.45) is 7.05 Å². The molecule has 0 aliphatic heterocycles. The molecule has 0 bridgehead atoms. The highest BCUT2D eigenvalue weighted by Gasteiger charge is 2.19. The summed E-state index contributed by atoms with van der Waals surface area (Å²) in [4.78, 5) is 8.42. The molecular formula is C20H15Cl2N3O2. The van der Waals surface area contributed by atoms with Crippen LogP contribution in [0.1, 0.15) is 17.4 Å². The molecule has 0 fully saturated rings. The number of aryl methyl sites for hydroxylation is 1. The summed E-state index contributed by atoms with van der Waals surface area (Å²) in [6.45, 7) is 0. The Bertz CT molecular complexity index is 1110. The molecule has 0 spiro atoms. The number of nitrogens with zero attached hydrogens (tertiary/aromatic N) is 3. The molecule has 7 heteroatoms. The van der Waals surface area contributed by atoms with E-state index in [2.05, 4.69) is 9.97 Å². The first kappa shape index (κ1) is 17.8. The number of aliphatic hydroxyl groups excluding tert-OH is 1. The Balaban J connectivity index is 1.79. The van der Waals surface area contributed by atoms with Crippen LogP contribution >= 0.6 is 23.2 Å². The van der Waals surface area contributed by atoms with Gasteiger partial charge in [-0.3, -0.25) is 0 Å². The monoisotopic (exact) mass is 399 g/mol. The molecule has 27 heavy (non-hydrogen) atoms. The second-order valence-electron chi connectivity index (χ2n) is 6.07. The number of para-hydroxylation sites is 1. The Hall–Kier alpha value is -2.60. The summed E-state index contributed by atoms with van der Waals surface area (Å²) in [5.41, 5.74) is 1.96. The largest absolute Gasteiger partial charge is 0.453 e. The molecule has 2 aromatic carbocycles. The van der Waals surface area contributed by atoms with E-state index in [1.807, 2.05) is 25.2 Å². The lowest BCUT2D eigenvalue weighted by atomic mass is 10.0. The number of halogens is 2. The van der Waals surface area contributed by atoms with Gasteiger partial charge in [-0.1, -0.05) is 47.5 Å². The third kappa shape index (κ3) is 3.37. The van der Waals surface area contributed by atoms with Crippen LogP contribution in [0.5, 0.6) is 11.5 Å². The van der Waals surface area contributed by atoms with Crippen molar-refractivity contribution < 1.29 is 9.84 Å². The molecule has 1 atom stereocenters. The predicted molar refractivity (Wildman–Crippen MR) is 106 cm³/mol. The predicted octanol–water partition coefficient (Wildman–Crippen LogP) is 5.15. The number of ether oxygens (including phenoxy) is 1. The number of pyridine rings is 1. The van der Waals surface area contributed by atoms with Crippen LogP contribution in [-0.2, 0) is 7.05 Å². The van der Waals surface area contributed by atoms with Gasteiger partial charge in [0.2, 0.25) is 0 Å². The fraction of sp³-hybridized carbons (Fsp3) is 0.100. The maximum absolute atomic E-state index is 10.7. The van der Waals surface area contributed by atoms with Gasteiger partial charge >= 0.3 is 0 Å². The van der Waals surface area contributed by atoms with Gasteiger partial charge in [0.25, 0.3) is 0 Å². The van der Waals surface area contributed by atoms with E-state index in [4.69, 9.17) is 27.9 Å². The molecule has 136 valence electrons. The molecule has 1 unspecified atom stereocenters. The summed E-state index contributed by atoms with van der Waals surface area (Å²) in [7, 11) is 1.83. The van der Waals surface area contributed by atoms with Gasteiger partial charge in [0.1, 0.15) is 11.9 Å². The fourth-order valence-electron chi connectivity index (χ4n) is 2.86. The average Bonchev–Trinajstić information content (AvgIpc) is 3.11. The van der Waals surface area contributed by atoms with Crippen molar-refractivity contribution in [3.63, 3.8) is 0 Å². The van der Waals surface area contributed by atoms with Gasteiger partial charge in [-0.2, -0.15) is 0 Å². The zero-order valence-corrected chi connectivity index (χ0v) is 15.8. The van der Waals surface area contributed by atoms with E-state index in [1.165, 1.54) is 0 Å². The van der Waals surface area contributed by atoms with Gasteiger partial charge in [-0.05, 0) is 29.8 Å². The Morgan fingerprint density at radius 3 is 2.59 bits per heavy atom. The molecule has 1 N–H and O–H groups in total. The Morgan fingerprint density at radius 2 is 1.89 bits per heavy atom. The molecule has 2 heterocycles. The third-order valence-corrected chi connectivity index (χ3v) is 4.91. The maximum atomic E-state index is 10.7.